The van der Waals surface area contributed by atoms with Crippen molar-refractivity contribution in [3.05, 3.63) is 47.3 Å². The van der Waals surface area contributed by atoms with Crippen molar-refractivity contribution in [2.24, 2.45) is 13.0 Å². The molecule has 6 nitrogen and oxygen atoms in total. The Bertz CT molecular complexity index is 800. The van der Waals surface area contributed by atoms with Gasteiger partial charge in [0.1, 0.15) is 5.69 Å². The fraction of sp³-hybridized carbons (Fsp3) is 0.450. The molecule has 6 heteroatoms. The van der Waals surface area contributed by atoms with Crippen LogP contribution in [0.4, 0.5) is 5.69 Å². The normalized spacial score (nSPS) is 11.5. The molecule has 0 saturated heterocycles. The molecular formula is C20H28N4O2. The quantitative estimate of drug-likeness (QED) is 0.862. The van der Waals surface area contributed by atoms with Gasteiger partial charge in [-0.05, 0) is 24.1 Å². The highest BCUT2D eigenvalue weighted by molar-refractivity contribution is 6.08. The van der Waals surface area contributed by atoms with E-state index in [1.165, 1.54) is 0 Å². The van der Waals surface area contributed by atoms with Crippen molar-refractivity contribution in [1.29, 1.82) is 0 Å². The zero-order chi connectivity index (χ0) is 19.5. The minimum atomic E-state index is -0.292. The van der Waals surface area contributed by atoms with E-state index in [-0.39, 0.29) is 17.2 Å². The van der Waals surface area contributed by atoms with Gasteiger partial charge in [0.25, 0.3) is 11.8 Å². The Hall–Kier alpha value is -2.63. The number of nitrogens with one attached hydrogen (secondary N) is 2. The Morgan fingerprint density at radius 3 is 2.38 bits per heavy atom. The van der Waals surface area contributed by atoms with Gasteiger partial charge in [-0.1, -0.05) is 46.8 Å². The second kappa shape index (κ2) is 7.72. The molecule has 0 bridgehead atoms. The Balaban J connectivity index is 2.23. The van der Waals surface area contributed by atoms with Crippen LogP contribution >= 0.6 is 0 Å². The van der Waals surface area contributed by atoms with E-state index >= 15 is 0 Å². The van der Waals surface area contributed by atoms with Crippen LogP contribution in [-0.2, 0) is 12.5 Å². The van der Waals surface area contributed by atoms with Gasteiger partial charge in [0, 0.05) is 19.0 Å². The molecule has 1 aromatic carbocycles. The zero-order valence-corrected chi connectivity index (χ0v) is 16.4. The second-order valence-electron chi connectivity index (χ2n) is 7.89. The van der Waals surface area contributed by atoms with Gasteiger partial charge in [0.15, 0.2) is 0 Å². The minimum Gasteiger partial charge on any atom is -0.352 e. The number of hydrogen-bond donors (Lipinski definition) is 2. The van der Waals surface area contributed by atoms with E-state index in [0.717, 1.165) is 5.69 Å². The molecule has 1 heterocycles. The Morgan fingerprint density at radius 2 is 1.81 bits per heavy atom. The Labute approximate surface area is 155 Å². The fourth-order valence-electron chi connectivity index (χ4n) is 2.41. The van der Waals surface area contributed by atoms with Crippen LogP contribution < -0.4 is 10.6 Å². The summed E-state index contributed by atoms with van der Waals surface area (Å²) in [7, 11) is 1.74. The van der Waals surface area contributed by atoms with E-state index in [4.69, 9.17) is 0 Å². The molecule has 0 atom stereocenters. The van der Waals surface area contributed by atoms with Gasteiger partial charge in [-0.3, -0.25) is 14.3 Å². The van der Waals surface area contributed by atoms with Gasteiger partial charge in [-0.15, -0.1) is 0 Å². The summed E-state index contributed by atoms with van der Waals surface area (Å²) in [4.78, 5) is 25.1. The van der Waals surface area contributed by atoms with Crippen LogP contribution in [-0.4, -0.2) is 28.1 Å². The largest absolute Gasteiger partial charge is 0.352 e. The molecule has 2 aromatic rings. The van der Waals surface area contributed by atoms with Crippen LogP contribution in [0.3, 0.4) is 0 Å². The standard InChI is InChI=1S/C20H28N4O2/c1-13(2)12-21-18(25)14-9-7-8-10-15(14)22-19(26)16-11-17(20(3,4)5)23-24(16)6/h7-11,13H,12H2,1-6H3,(H,21,25)(H,22,26). The van der Waals surface area contributed by atoms with Crippen LogP contribution in [0.1, 0.15) is 61.2 Å². The smallest absolute Gasteiger partial charge is 0.273 e. The first-order valence-electron chi connectivity index (χ1n) is 8.82. The van der Waals surface area contributed by atoms with Crippen molar-refractivity contribution < 1.29 is 9.59 Å². The van der Waals surface area contributed by atoms with E-state index in [9.17, 15) is 9.59 Å². The molecule has 0 saturated carbocycles. The van der Waals surface area contributed by atoms with Crippen molar-refractivity contribution in [3.63, 3.8) is 0 Å². The van der Waals surface area contributed by atoms with E-state index in [0.29, 0.717) is 29.4 Å². The molecule has 0 spiro atoms. The number of hydrogen-bond acceptors (Lipinski definition) is 3. The maximum absolute atomic E-state index is 12.7. The molecule has 0 aliphatic heterocycles. The highest BCUT2D eigenvalue weighted by Gasteiger charge is 2.22. The number of amides is 2. The van der Waals surface area contributed by atoms with Gasteiger partial charge < -0.3 is 10.6 Å². The molecular weight excluding hydrogens is 328 g/mol. The first kappa shape index (κ1) is 19.7. The summed E-state index contributed by atoms with van der Waals surface area (Å²) < 4.78 is 1.57. The average molecular weight is 356 g/mol. The third kappa shape index (κ3) is 4.71. The number of carbonyl (C=O) groups is 2. The van der Waals surface area contributed by atoms with Gasteiger partial charge in [-0.25, -0.2) is 0 Å². The third-order valence-electron chi connectivity index (χ3n) is 3.97. The predicted molar refractivity (Wildman–Crippen MR) is 103 cm³/mol. The van der Waals surface area contributed by atoms with E-state index < -0.39 is 0 Å². The van der Waals surface area contributed by atoms with Crippen molar-refractivity contribution in [2.75, 3.05) is 11.9 Å². The number of aromatic nitrogens is 2. The van der Waals surface area contributed by atoms with Gasteiger partial charge >= 0.3 is 0 Å². The molecule has 0 radical (unpaired) electrons. The summed E-state index contributed by atoms with van der Waals surface area (Å²) in [5, 5.41) is 10.1. The highest BCUT2D eigenvalue weighted by Crippen LogP contribution is 2.22. The number of rotatable bonds is 5. The lowest BCUT2D eigenvalue weighted by Gasteiger charge is -2.13. The first-order valence-corrected chi connectivity index (χ1v) is 8.82. The number of carbonyl (C=O) groups excluding carboxylic acids is 2. The lowest BCUT2D eigenvalue weighted by molar-refractivity contribution is 0.0950. The van der Waals surface area contributed by atoms with E-state index in [2.05, 4.69) is 15.7 Å². The molecule has 1 aromatic heterocycles. The SMILES string of the molecule is CC(C)CNC(=O)c1ccccc1NC(=O)c1cc(C(C)(C)C)nn1C. The molecule has 2 rings (SSSR count). The van der Waals surface area contributed by atoms with E-state index in [1.54, 1.807) is 42.1 Å². The Morgan fingerprint density at radius 1 is 1.15 bits per heavy atom. The van der Waals surface area contributed by atoms with Crippen LogP contribution in [0.2, 0.25) is 0 Å². The van der Waals surface area contributed by atoms with Gasteiger partial charge in [0.2, 0.25) is 0 Å². The van der Waals surface area contributed by atoms with Crippen LogP contribution in [0, 0.1) is 5.92 Å². The summed E-state index contributed by atoms with van der Waals surface area (Å²) in [6.07, 6.45) is 0. The summed E-state index contributed by atoms with van der Waals surface area (Å²) in [5.41, 5.74) is 2.07. The van der Waals surface area contributed by atoms with Crippen molar-refractivity contribution in [3.8, 4) is 0 Å². The lowest BCUT2D eigenvalue weighted by Crippen LogP contribution is -2.28. The van der Waals surface area contributed by atoms with Gasteiger partial charge in [0.05, 0.1) is 16.9 Å². The highest BCUT2D eigenvalue weighted by atomic mass is 16.2. The second-order valence-corrected chi connectivity index (χ2v) is 7.89. The molecule has 0 aliphatic carbocycles. The summed E-state index contributed by atoms with van der Waals surface area (Å²) in [5.74, 6) is -0.138. The molecule has 0 fully saturated rings. The average Bonchev–Trinajstić information content (AvgIpc) is 2.95. The number of aryl methyl sites for hydroxylation is 1. The number of para-hydroxylation sites is 1. The van der Waals surface area contributed by atoms with Crippen LogP contribution in [0.5, 0.6) is 0 Å². The van der Waals surface area contributed by atoms with Crippen molar-refractivity contribution in [2.45, 2.75) is 40.0 Å². The summed E-state index contributed by atoms with van der Waals surface area (Å²) in [6.45, 7) is 10.8. The number of nitrogens with zero attached hydrogens (tertiary/aromatic N) is 2. The third-order valence-corrected chi connectivity index (χ3v) is 3.97. The van der Waals surface area contributed by atoms with Crippen LogP contribution in [0.15, 0.2) is 30.3 Å². The van der Waals surface area contributed by atoms with E-state index in [1.807, 2.05) is 34.6 Å². The summed E-state index contributed by atoms with van der Waals surface area (Å²) in [6, 6.07) is 8.79. The Kier molecular flexibility index (Phi) is 5.85. The van der Waals surface area contributed by atoms with Crippen molar-refractivity contribution in [1.82, 2.24) is 15.1 Å². The molecule has 2 N–H and O–H groups in total. The topological polar surface area (TPSA) is 76.0 Å². The number of benzene rings is 1. The number of anilines is 1. The van der Waals surface area contributed by atoms with Crippen molar-refractivity contribution >= 4 is 17.5 Å². The first-order chi connectivity index (χ1) is 12.1. The fourth-order valence-corrected chi connectivity index (χ4v) is 2.41. The molecule has 2 amide bonds. The lowest BCUT2D eigenvalue weighted by atomic mass is 9.92. The molecule has 140 valence electrons. The zero-order valence-electron chi connectivity index (χ0n) is 16.4. The molecule has 0 unspecified atom stereocenters. The molecule has 26 heavy (non-hydrogen) atoms. The maximum Gasteiger partial charge on any atom is 0.273 e. The summed E-state index contributed by atoms with van der Waals surface area (Å²) >= 11 is 0. The molecule has 0 aliphatic rings. The van der Waals surface area contributed by atoms with Gasteiger partial charge in [-0.2, -0.15) is 5.10 Å². The predicted octanol–water partition coefficient (Wildman–Crippen LogP) is 3.36. The monoisotopic (exact) mass is 356 g/mol. The maximum atomic E-state index is 12.7. The van der Waals surface area contributed by atoms with Crippen LogP contribution in [0.25, 0.3) is 0 Å². The minimum absolute atomic E-state index is 0.148.